The van der Waals surface area contributed by atoms with Crippen molar-refractivity contribution >= 4 is 8.80 Å². The van der Waals surface area contributed by atoms with Crippen molar-refractivity contribution in [1.82, 2.24) is 0 Å². The van der Waals surface area contributed by atoms with Gasteiger partial charge in [-0.1, -0.05) is 12.1 Å². The second-order valence-corrected chi connectivity index (χ2v) is 8.28. The van der Waals surface area contributed by atoms with Gasteiger partial charge in [0.05, 0.1) is 0 Å². The average Bonchev–Trinajstić information content (AvgIpc) is 2.34. The normalized spacial score (nSPS) is 12.4. The lowest BCUT2D eigenvalue weighted by atomic mass is 10.1. The summed E-state index contributed by atoms with van der Waals surface area (Å²) >= 11 is 0. The van der Waals surface area contributed by atoms with E-state index >= 15 is 0 Å². The Morgan fingerprint density at radius 2 is 1.52 bits per heavy atom. The molecule has 21 heavy (non-hydrogen) atoms. The summed E-state index contributed by atoms with van der Waals surface area (Å²) in [5.41, 5.74) is 1.11. The van der Waals surface area contributed by atoms with Crippen LogP contribution in [0.1, 0.15) is 46.1 Å². The molecule has 1 aromatic carbocycles. The second-order valence-electron chi connectivity index (χ2n) is 5.88. The van der Waals surface area contributed by atoms with Crippen molar-refractivity contribution in [1.29, 1.82) is 0 Å². The summed E-state index contributed by atoms with van der Waals surface area (Å²) in [6.07, 6.45) is 2.53. The molecule has 0 amide bonds. The lowest BCUT2D eigenvalue weighted by Crippen LogP contribution is -2.46. The lowest BCUT2D eigenvalue weighted by molar-refractivity contribution is 0.0472. The van der Waals surface area contributed by atoms with Gasteiger partial charge in [-0.3, -0.25) is 0 Å². The first-order valence-electron chi connectivity index (χ1n) is 7.63. The van der Waals surface area contributed by atoms with Gasteiger partial charge in [-0.2, -0.15) is 0 Å². The molecule has 1 N–H and O–H groups in total. The topological polar surface area (TPSA) is 38.7 Å². The smallest absolute Gasteiger partial charge is 0.390 e. The molecule has 0 atom stereocenters. The summed E-state index contributed by atoms with van der Waals surface area (Å²) in [7, 11) is -3.08. The highest BCUT2D eigenvalue weighted by molar-refractivity contribution is 6.59. The molecular formula is C16H27FO3Si. The van der Waals surface area contributed by atoms with Crippen molar-refractivity contribution in [3.8, 4) is 0 Å². The maximum atomic E-state index is 12.8. The fraction of sp³-hybridized carbons (Fsp3) is 0.625. The van der Waals surface area contributed by atoms with E-state index in [0.717, 1.165) is 24.8 Å². The van der Waals surface area contributed by atoms with Crippen LogP contribution in [0.25, 0.3) is 0 Å². The fourth-order valence-electron chi connectivity index (χ4n) is 2.21. The Kier molecular flexibility index (Phi) is 7.52. The minimum Gasteiger partial charge on any atom is -0.390 e. The number of halogens is 1. The van der Waals surface area contributed by atoms with E-state index in [9.17, 15) is 9.19 Å². The van der Waals surface area contributed by atoms with E-state index < -0.39 is 8.80 Å². The van der Waals surface area contributed by atoms with Gasteiger partial charge in [0.25, 0.3) is 0 Å². The molecule has 0 fully saturated rings. The molecule has 0 aliphatic heterocycles. The van der Waals surface area contributed by atoms with Crippen LogP contribution in [-0.2, 0) is 15.3 Å². The molecule has 1 rings (SSSR count). The van der Waals surface area contributed by atoms with Crippen molar-refractivity contribution in [2.24, 2.45) is 0 Å². The number of unbranched alkanes of at least 4 members (excludes halogenated alkanes) is 1. The van der Waals surface area contributed by atoms with E-state index in [4.69, 9.17) is 8.85 Å². The minimum absolute atomic E-state index is 0.0440. The minimum atomic E-state index is -3.08. The van der Waals surface area contributed by atoms with E-state index in [0.29, 0.717) is 6.04 Å². The van der Waals surface area contributed by atoms with Crippen LogP contribution in [0, 0.1) is 5.82 Å². The molecule has 0 aliphatic rings. The molecule has 1 aromatic rings. The number of hydrogen-bond donors (Lipinski definition) is 1. The highest BCUT2D eigenvalue weighted by Gasteiger charge is 2.38. The van der Waals surface area contributed by atoms with Crippen molar-refractivity contribution in [3.05, 3.63) is 35.6 Å². The Morgan fingerprint density at radius 1 is 1.00 bits per heavy atom. The van der Waals surface area contributed by atoms with E-state index in [1.54, 1.807) is 12.1 Å². The van der Waals surface area contributed by atoms with Gasteiger partial charge in [-0.05, 0) is 64.7 Å². The summed E-state index contributed by atoms with van der Waals surface area (Å²) in [5, 5.41) is 0. The Hall–Kier alpha value is -0.753. The van der Waals surface area contributed by atoms with E-state index in [2.05, 4.69) is 0 Å². The molecule has 0 unspecified atom stereocenters. The zero-order valence-corrected chi connectivity index (χ0v) is 14.4. The Balaban J connectivity index is 2.40. The van der Waals surface area contributed by atoms with Gasteiger partial charge in [-0.25, -0.2) is 4.39 Å². The van der Waals surface area contributed by atoms with Crippen LogP contribution in [0.15, 0.2) is 24.3 Å². The fourth-order valence-corrected chi connectivity index (χ4v) is 4.67. The van der Waals surface area contributed by atoms with Gasteiger partial charge in [0, 0.05) is 18.3 Å². The van der Waals surface area contributed by atoms with Crippen LogP contribution in [-0.4, -0.2) is 25.8 Å². The summed E-state index contributed by atoms with van der Waals surface area (Å²) < 4.78 is 24.1. The number of aryl methyl sites for hydroxylation is 1. The third-order valence-corrected chi connectivity index (χ3v) is 5.63. The monoisotopic (exact) mass is 314 g/mol. The van der Waals surface area contributed by atoms with Crippen molar-refractivity contribution in [3.63, 3.8) is 0 Å². The Morgan fingerprint density at radius 3 is 2.00 bits per heavy atom. The molecule has 0 spiro atoms. The second kappa shape index (κ2) is 8.63. The van der Waals surface area contributed by atoms with Gasteiger partial charge in [0.2, 0.25) is 0 Å². The van der Waals surface area contributed by atoms with Crippen molar-refractivity contribution < 1.29 is 18.0 Å². The van der Waals surface area contributed by atoms with Gasteiger partial charge in [0.1, 0.15) is 5.82 Å². The Labute approximate surface area is 128 Å². The summed E-state index contributed by atoms with van der Waals surface area (Å²) in [6.45, 7) is 7.61. The Bertz CT molecular complexity index is 396. The van der Waals surface area contributed by atoms with Gasteiger partial charge >= 0.3 is 8.80 Å². The summed E-state index contributed by atoms with van der Waals surface area (Å²) in [6, 6.07) is 7.11. The third-order valence-electron chi connectivity index (χ3n) is 2.96. The SMILES string of the molecule is CC(C)O[Si](O)(CCCCc1ccc(F)cc1)OC(C)C. The molecule has 3 nitrogen and oxygen atoms in total. The molecule has 0 saturated carbocycles. The lowest BCUT2D eigenvalue weighted by Gasteiger charge is -2.28. The first-order chi connectivity index (χ1) is 9.81. The average molecular weight is 314 g/mol. The van der Waals surface area contributed by atoms with Crippen LogP contribution >= 0.6 is 0 Å². The molecule has 0 radical (unpaired) electrons. The first-order valence-corrected chi connectivity index (χ1v) is 9.60. The third kappa shape index (κ3) is 7.71. The molecule has 0 aliphatic carbocycles. The van der Waals surface area contributed by atoms with E-state index in [1.165, 1.54) is 12.1 Å². The van der Waals surface area contributed by atoms with Crippen LogP contribution < -0.4 is 0 Å². The highest BCUT2D eigenvalue weighted by atomic mass is 28.4. The quantitative estimate of drug-likeness (QED) is 0.554. The van der Waals surface area contributed by atoms with Gasteiger partial charge in [-0.15, -0.1) is 0 Å². The van der Waals surface area contributed by atoms with Crippen LogP contribution in [0.4, 0.5) is 4.39 Å². The standard InChI is InChI=1S/C16H27FO3Si/c1-13(2)19-21(18,20-14(3)4)12-6-5-7-15-8-10-16(17)11-9-15/h8-11,13-14,18H,5-7,12H2,1-4H3. The molecule has 120 valence electrons. The van der Waals surface area contributed by atoms with Gasteiger partial charge in [0.15, 0.2) is 0 Å². The largest absolute Gasteiger partial charge is 0.498 e. The van der Waals surface area contributed by atoms with E-state index in [1.807, 2.05) is 27.7 Å². The van der Waals surface area contributed by atoms with Crippen LogP contribution in [0.3, 0.4) is 0 Å². The first kappa shape index (κ1) is 18.3. The van der Waals surface area contributed by atoms with Crippen LogP contribution in [0.2, 0.25) is 6.04 Å². The number of benzene rings is 1. The van der Waals surface area contributed by atoms with Crippen molar-refractivity contribution in [2.45, 2.75) is 65.2 Å². The summed E-state index contributed by atoms with van der Waals surface area (Å²) in [4.78, 5) is 10.5. The molecule has 0 aromatic heterocycles. The number of hydrogen-bond acceptors (Lipinski definition) is 3. The highest BCUT2D eigenvalue weighted by Crippen LogP contribution is 2.19. The molecule has 0 saturated heterocycles. The zero-order valence-electron chi connectivity index (χ0n) is 13.4. The molecule has 5 heteroatoms. The van der Waals surface area contributed by atoms with E-state index in [-0.39, 0.29) is 18.0 Å². The van der Waals surface area contributed by atoms with Crippen LogP contribution in [0.5, 0.6) is 0 Å². The maximum Gasteiger partial charge on any atom is 0.498 e. The zero-order chi connectivity index (χ0) is 15.9. The molecular weight excluding hydrogens is 287 g/mol. The van der Waals surface area contributed by atoms with Gasteiger partial charge < -0.3 is 13.6 Å². The molecule has 0 bridgehead atoms. The predicted molar refractivity (Wildman–Crippen MR) is 84.6 cm³/mol. The predicted octanol–water partition coefficient (Wildman–Crippen LogP) is 3.93. The summed E-state index contributed by atoms with van der Waals surface area (Å²) in [5.74, 6) is -0.212. The van der Waals surface area contributed by atoms with Crippen molar-refractivity contribution in [2.75, 3.05) is 0 Å². The molecule has 0 heterocycles. The maximum absolute atomic E-state index is 12.8. The number of rotatable bonds is 9.